The highest BCUT2D eigenvalue weighted by Crippen LogP contribution is 2.26. The summed E-state index contributed by atoms with van der Waals surface area (Å²) in [6, 6.07) is 4.16. The first-order valence-electron chi connectivity index (χ1n) is 10.6. The van der Waals surface area contributed by atoms with E-state index in [0.29, 0.717) is 17.6 Å². The summed E-state index contributed by atoms with van der Waals surface area (Å²) in [7, 11) is 0. The van der Waals surface area contributed by atoms with Gasteiger partial charge in [0.25, 0.3) is 0 Å². The topological polar surface area (TPSA) is 80.2 Å². The molecule has 2 aliphatic rings. The van der Waals surface area contributed by atoms with Crippen molar-refractivity contribution in [2.24, 2.45) is 11.8 Å². The van der Waals surface area contributed by atoms with Gasteiger partial charge in [-0.15, -0.1) is 0 Å². The van der Waals surface area contributed by atoms with Gasteiger partial charge in [-0.05, 0) is 62.1 Å². The Kier molecular flexibility index (Phi) is 6.67. The van der Waals surface area contributed by atoms with E-state index in [2.05, 4.69) is 37.3 Å². The number of nitrogens with zero attached hydrogens (tertiary/aromatic N) is 4. The van der Waals surface area contributed by atoms with E-state index in [-0.39, 0.29) is 5.92 Å². The number of carbonyl (C=O) groups is 1. The molecular weight excluding hydrogens is 366 g/mol. The minimum atomic E-state index is 0.178. The number of pyridine rings is 1. The molecule has 4 rings (SSSR count). The van der Waals surface area contributed by atoms with Gasteiger partial charge >= 0.3 is 0 Å². The van der Waals surface area contributed by atoms with Crippen LogP contribution in [0.5, 0.6) is 0 Å². The number of aryl methyl sites for hydroxylation is 1. The zero-order chi connectivity index (χ0) is 19.9. The third kappa shape index (κ3) is 5.50. The van der Waals surface area contributed by atoms with Gasteiger partial charge in [-0.25, -0.2) is 9.97 Å². The van der Waals surface area contributed by atoms with Crippen molar-refractivity contribution in [2.75, 3.05) is 31.6 Å². The van der Waals surface area contributed by atoms with E-state index in [0.717, 1.165) is 70.6 Å². The van der Waals surface area contributed by atoms with Crippen molar-refractivity contribution in [3.63, 3.8) is 0 Å². The highest BCUT2D eigenvalue weighted by atomic mass is 16.5. The summed E-state index contributed by atoms with van der Waals surface area (Å²) in [4.78, 5) is 27.4. The lowest BCUT2D eigenvalue weighted by Gasteiger charge is -2.35. The largest absolute Gasteiger partial charge is 0.381 e. The summed E-state index contributed by atoms with van der Waals surface area (Å²) in [5.41, 5.74) is 1.27. The average molecular weight is 396 g/mol. The summed E-state index contributed by atoms with van der Waals surface area (Å²) >= 11 is 0. The molecule has 7 heteroatoms. The first-order chi connectivity index (χ1) is 14.3. The van der Waals surface area contributed by atoms with Crippen LogP contribution in [0.15, 0.2) is 36.9 Å². The van der Waals surface area contributed by atoms with Gasteiger partial charge in [0.15, 0.2) is 0 Å². The van der Waals surface area contributed by atoms with Crippen LogP contribution >= 0.6 is 0 Å². The lowest BCUT2D eigenvalue weighted by atomic mass is 9.89. The maximum absolute atomic E-state index is 12.7. The Morgan fingerprint density at radius 1 is 1.07 bits per heavy atom. The molecule has 7 nitrogen and oxygen atoms in total. The maximum atomic E-state index is 12.7. The predicted molar refractivity (Wildman–Crippen MR) is 111 cm³/mol. The van der Waals surface area contributed by atoms with Crippen LogP contribution in [0.4, 0.5) is 11.6 Å². The monoisotopic (exact) mass is 395 g/mol. The van der Waals surface area contributed by atoms with Crippen LogP contribution in [0.3, 0.4) is 0 Å². The molecule has 2 saturated heterocycles. The summed E-state index contributed by atoms with van der Waals surface area (Å²) in [6.07, 6.45) is 13.0. The molecule has 4 heterocycles. The van der Waals surface area contributed by atoms with Crippen LogP contribution in [0.1, 0.15) is 37.7 Å². The Balaban J connectivity index is 1.23. The SMILES string of the molecule is O=C(C1CCOCC1)N1CCC(CCc2ccnc(Nc3cnccn3)c2)CC1. The second kappa shape index (κ2) is 9.78. The van der Waals surface area contributed by atoms with Crippen molar-refractivity contribution in [1.29, 1.82) is 0 Å². The quantitative estimate of drug-likeness (QED) is 0.809. The van der Waals surface area contributed by atoms with Crippen LogP contribution < -0.4 is 5.32 Å². The Hall–Kier alpha value is -2.54. The number of hydrogen-bond donors (Lipinski definition) is 1. The molecule has 2 aromatic rings. The highest BCUT2D eigenvalue weighted by molar-refractivity contribution is 5.79. The molecule has 2 aromatic heterocycles. The maximum Gasteiger partial charge on any atom is 0.225 e. The van der Waals surface area contributed by atoms with Gasteiger partial charge in [-0.1, -0.05) is 0 Å². The van der Waals surface area contributed by atoms with Crippen molar-refractivity contribution in [3.05, 3.63) is 42.5 Å². The Morgan fingerprint density at radius 3 is 2.62 bits per heavy atom. The van der Waals surface area contributed by atoms with Crippen molar-refractivity contribution in [3.8, 4) is 0 Å². The minimum absolute atomic E-state index is 0.178. The van der Waals surface area contributed by atoms with E-state index >= 15 is 0 Å². The summed E-state index contributed by atoms with van der Waals surface area (Å²) < 4.78 is 5.38. The number of nitrogens with one attached hydrogen (secondary N) is 1. The molecule has 0 radical (unpaired) electrons. The minimum Gasteiger partial charge on any atom is -0.381 e. The standard InChI is InChI=1S/C22H29N5O2/c28-22(19-6-13-29-14-7-19)27-11-4-17(5-12-27)1-2-18-3-8-24-20(15-18)26-21-16-23-9-10-25-21/h3,8-10,15-17,19H,1-2,4-7,11-14H2,(H,24,25,26). The second-order valence-electron chi connectivity index (χ2n) is 7.96. The molecule has 29 heavy (non-hydrogen) atoms. The van der Waals surface area contributed by atoms with E-state index in [1.807, 2.05) is 6.20 Å². The molecule has 0 saturated carbocycles. The number of carbonyl (C=O) groups excluding carboxylic acids is 1. The van der Waals surface area contributed by atoms with E-state index in [1.165, 1.54) is 5.56 Å². The van der Waals surface area contributed by atoms with E-state index in [1.54, 1.807) is 18.6 Å². The zero-order valence-electron chi connectivity index (χ0n) is 16.8. The lowest BCUT2D eigenvalue weighted by Crippen LogP contribution is -2.43. The van der Waals surface area contributed by atoms with Gasteiger partial charge in [0, 0.05) is 50.8 Å². The first-order valence-corrected chi connectivity index (χ1v) is 10.6. The number of amides is 1. The zero-order valence-corrected chi connectivity index (χ0v) is 16.8. The number of hydrogen-bond acceptors (Lipinski definition) is 6. The molecule has 2 aliphatic heterocycles. The lowest BCUT2D eigenvalue weighted by molar-refractivity contribution is -0.140. The summed E-state index contributed by atoms with van der Waals surface area (Å²) in [5, 5.41) is 3.19. The molecule has 0 aromatic carbocycles. The van der Waals surface area contributed by atoms with Gasteiger partial charge in [0.05, 0.1) is 6.20 Å². The predicted octanol–water partition coefficient (Wildman–Crippen LogP) is 3.21. The van der Waals surface area contributed by atoms with E-state index in [4.69, 9.17) is 4.74 Å². The smallest absolute Gasteiger partial charge is 0.225 e. The molecule has 2 fully saturated rings. The number of rotatable bonds is 6. The van der Waals surface area contributed by atoms with Gasteiger partial charge in [0.2, 0.25) is 5.91 Å². The normalized spacial score (nSPS) is 18.6. The molecular formula is C22H29N5O2. The molecule has 1 N–H and O–H groups in total. The van der Waals surface area contributed by atoms with Crippen molar-refractivity contribution < 1.29 is 9.53 Å². The Morgan fingerprint density at radius 2 is 1.86 bits per heavy atom. The Labute approximate surface area is 171 Å². The number of piperidine rings is 1. The average Bonchev–Trinajstić information content (AvgIpc) is 2.79. The molecule has 0 spiro atoms. The van der Waals surface area contributed by atoms with Crippen LogP contribution in [-0.4, -0.2) is 52.1 Å². The first kappa shape index (κ1) is 19.8. The fourth-order valence-corrected chi connectivity index (χ4v) is 4.21. The molecule has 0 atom stereocenters. The number of anilines is 2. The van der Waals surface area contributed by atoms with Crippen LogP contribution in [0.25, 0.3) is 0 Å². The molecule has 0 aliphatic carbocycles. The molecule has 1 amide bonds. The van der Waals surface area contributed by atoms with Crippen LogP contribution in [0, 0.1) is 11.8 Å². The third-order valence-corrected chi connectivity index (χ3v) is 5.98. The summed E-state index contributed by atoms with van der Waals surface area (Å²) in [5.74, 6) is 2.69. The van der Waals surface area contributed by atoms with Crippen LogP contribution in [-0.2, 0) is 16.0 Å². The van der Waals surface area contributed by atoms with Gasteiger partial charge in [-0.3, -0.25) is 9.78 Å². The second-order valence-corrected chi connectivity index (χ2v) is 7.96. The van der Waals surface area contributed by atoms with Gasteiger partial charge in [-0.2, -0.15) is 0 Å². The highest BCUT2D eigenvalue weighted by Gasteiger charge is 2.29. The van der Waals surface area contributed by atoms with Gasteiger partial charge < -0.3 is 15.0 Å². The number of likely N-dealkylation sites (tertiary alicyclic amines) is 1. The summed E-state index contributed by atoms with van der Waals surface area (Å²) in [6.45, 7) is 3.26. The van der Waals surface area contributed by atoms with Gasteiger partial charge in [0.1, 0.15) is 11.6 Å². The van der Waals surface area contributed by atoms with Crippen LogP contribution in [0.2, 0.25) is 0 Å². The van der Waals surface area contributed by atoms with E-state index in [9.17, 15) is 4.79 Å². The van der Waals surface area contributed by atoms with E-state index < -0.39 is 0 Å². The Bertz CT molecular complexity index is 787. The number of ether oxygens (including phenoxy) is 1. The molecule has 154 valence electrons. The molecule has 0 bridgehead atoms. The van der Waals surface area contributed by atoms with Crippen molar-refractivity contribution >= 4 is 17.5 Å². The molecule has 0 unspecified atom stereocenters. The fourth-order valence-electron chi connectivity index (χ4n) is 4.21. The third-order valence-electron chi connectivity index (χ3n) is 5.98. The fraction of sp³-hybridized carbons (Fsp3) is 0.545. The van der Waals surface area contributed by atoms with Crippen molar-refractivity contribution in [1.82, 2.24) is 19.9 Å². The van der Waals surface area contributed by atoms with Crippen molar-refractivity contribution in [2.45, 2.75) is 38.5 Å². The number of aromatic nitrogens is 3.